The minimum Gasteiger partial charge on any atom is -0.447 e. The van der Waals surface area contributed by atoms with Crippen LogP contribution in [-0.2, 0) is 0 Å². The van der Waals surface area contributed by atoms with Crippen LogP contribution in [0.3, 0.4) is 0 Å². The van der Waals surface area contributed by atoms with Crippen molar-refractivity contribution in [3.63, 3.8) is 0 Å². The highest BCUT2D eigenvalue weighted by Crippen LogP contribution is 2.29. The zero-order valence-corrected chi connectivity index (χ0v) is 7.58. The van der Waals surface area contributed by atoms with Gasteiger partial charge in [0.25, 0.3) is 0 Å². The Balaban J connectivity index is 2.19. The van der Waals surface area contributed by atoms with Crippen LogP contribution < -0.4 is 0 Å². The Morgan fingerprint density at radius 3 is 3.00 bits per heavy atom. The molecule has 3 heteroatoms. The second kappa shape index (κ2) is 2.90. The fourth-order valence-electron chi connectivity index (χ4n) is 1.75. The Hall–Kier alpha value is -0.830. The van der Waals surface area contributed by atoms with Gasteiger partial charge in [-0.25, -0.2) is 4.98 Å². The summed E-state index contributed by atoms with van der Waals surface area (Å²) in [5.41, 5.74) is 0.977. The van der Waals surface area contributed by atoms with Gasteiger partial charge in [-0.2, -0.15) is 0 Å². The normalized spacial score (nSPS) is 25.0. The SMILES string of the molecule is Cc1coc(C2CCCN2C)n1. The molecule has 0 N–H and O–H groups in total. The van der Waals surface area contributed by atoms with Crippen molar-refractivity contribution in [1.29, 1.82) is 0 Å². The van der Waals surface area contributed by atoms with E-state index in [9.17, 15) is 0 Å². The van der Waals surface area contributed by atoms with Crippen molar-refractivity contribution in [3.8, 4) is 0 Å². The van der Waals surface area contributed by atoms with Crippen molar-refractivity contribution >= 4 is 0 Å². The molecule has 0 radical (unpaired) electrons. The quantitative estimate of drug-likeness (QED) is 0.636. The summed E-state index contributed by atoms with van der Waals surface area (Å²) >= 11 is 0. The summed E-state index contributed by atoms with van der Waals surface area (Å²) in [6.07, 6.45) is 4.15. The third-order valence-corrected chi connectivity index (χ3v) is 2.44. The molecular formula is C9H14N2O. The van der Waals surface area contributed by atoms with Gasteiger partial charge in [-0.05, 0) is 33.4 Å². The first kappa shape index (κ1) is 7.80. The van der Waals surface area contributed by atoms with Gasteiger partial charge in [0.1, 0.15) is 6.26 Å². The number of hydrogen-bond acceptors (Lipinski definition) is 3. The van der Waals surface area contributed by atoms with Crippen LogP contribution in [0, 0.1) is 6.92 Å². The Morgan fingerprint density at radius 2 is 2.50 bits per heavy atom. The Kier molecular flexibility index (Phi) is 1.89. The second-order valence-corrected chi connectivity index (χ2v) is 3.47. The number of rotatable bonds is 1. The Morgan fingerprint density at radius 1 is 1.67 bits per heavy atom. The molecule has 0 bridgehead atoms. The monoisotopic (exact) mass is 166 g/mol. The maximum absolute atomic E-state index is 5.37. The lowest BCUT2D eigenvalue weighted by Gasteiger charge is -2.14. The summed E-state index contributed by atoms with van der Waals surface area (Å²) < 4.78 is 5.37. The van der Waals surface area contributed by atoms with E-state index >= 15 is 0 Å². The molecule has 1 fully saturated rings. The van der Waals surface area contributed by atoms with Crippen molar-refractivity contribution in [2.24, 2.45) is 0 Å². The largest absolute Gasteiger partial charge is 0.447 e. The minimum atomic E-state index is 0.415. The Bertz CT molecular complexity index is 269. The van der Waals surface area contributed by atoms with E-state index < -0.39 is 0 Å². The van der Waals surface area contributed by atoms with Gasteiger partial charge in [0, 0.05) is 0 Å². The number of nitrogens with zero attached hydrogens (tertiary/aromatic N) is 2. The second-order valence-electron chi connectivity index (χ2n) is 3.47. The van der Waals surface area contributed by atoms with Crippen LogP contribution in [0.4, 0.5) is 0 Å². The molecule has 0 aliphatic carbocycles. The van der Waals surface area contributed by atoms with Crippen molar-refractivity contribution in [3.05, 3.63) is 17.8 Å². The van der Waals surface area contributed by atoms with Crippen LogP contribution in [0.15, 0.2) is 10.7 Å². The molecule has 2 rings (SSSR count). The number of likely N-dealkylation sites (tertiary alicyclic amines) is 1. The van der Waals surface area contributed by atoms with Crippen molar-refractivity contribution < 1.29 is 4.42 Å². The maximum atomic E-state index is 5.37. The lowest BCUT2D eigenvalue weighted by atomic mass is 10.2. The van der Waals surface area contributed by atoms with E-state index in [0.717, 1.165) is 18.1 Å². The molecule has 1 saturated heterocycles. The van der Waals surface area contributed by atoms with E-state index in [0.29, 0.717) is 6.04 Å². The number of aryl methyl sites for hydroxylation is 1. The third-order valence-electron chi connectivity index (χ3n) is 2.44. The Labute approximate surface area is 72.4 Å². The van der Waals surface area contributed by atoms with Crippen LogP contribution in [0.5, 0.6) is 0 Å². The van der Waals surface area contributed by atoms with Crippen molar-refractivity contribution in [2.45, 2.75) is 25.8 Å². The van der Waals surface area contributed by atoms with E-state index in [1.807, 2.05) is 6.92 Å². The van der Waals surface area contributed by atoms with Crippen molar-refractivity contribution in [2.75, 3.05) is 13.6 Å². The summed E-state index contributed by atoms with van der Waals surface area (Å²) in [6, 6.07) is 0.415. The molecular weight excluding hydrogens is 152 g/mol. The highest BCUT2D eigenvalue weighted by molar-refractivity contribution is 4.99. The van der Waals surface area contributed by atoms with E-state index in [1.54, 1.807) is 6.26 Å². The van der Waals surface area contributed by atoms with Gasteiger partial charge in [0.05, 0.1) is 11.7 Å². The standard InChI is InChI=1S/C9H14N2O/c1-7-6-12-9(10-7)8-4-3-5-11(8)2/h6,8H,3-5H2,1-2H3. The first-order chi connectivity index (χ1) is 5.77. The van der Waals surface area contributed by atoms with Gasteiger partial charge in [0.2, 0.25) is 5.89 Å². The number of hydrogen-bond donors (Lipinski definition) is 0. The summed E-state index contributed by atoms with van der Waals surface area (Å²) in [5.74, 6) is 0.882. The molecule has 1 aromatic rings. The summed E-state index contributed by atoms with van der Waals surface area (Å²) in [6.45, 7) is 3.12. The zero-order valence-electron chi connectivity index (χ0n) is 7.58. The molecule has 1 aromatic heterocycles. The first-order valence-corrected chi connectivity index (χ1v) is 4.39. The highest BCUT2D eigenvalue weighted by atomic mass is 16.3. The lowest BCUT2D eigenvalue weighted by molar-refractivity contribution is 0.268. The molecule has 3 nitrogen and oxygen atoms in total. The van der Waals surface area contributed by atoms with Gasteiger partial charge >= 0.3 is 0 Å². The van der Waals surface area contributed by atoms with Gasteiger partial charge in [-0.1, -0.05) is 0 Å². The molecule has 66 valence electrons. The van der Waals surface area contributed by atoms with Gasteiger partial charge in [0.15, 0.2) is 0 Å². The molecule has 0 saturated carbocycles. The first-order valence-electron chi connectivity index (χ1n) is 4.39. The van der Waals surface area contributed by atoms with Crippen LogP contribution in [0.1, 0.15) is 30.5 Å². The minimum absolute atomic E-state index is 0.415. The fourth-order valence-corrected chi connectivity index (χ4v) is 1.75. The van der Waals surface area contributed by atoms with E-state index in [-0.39, 0.29) is 0 Å². The average molecular weight is 166 g/mol. The smallest absolute Gasteiger partial charge is 0.211 e. The van der Waals surface area contributed by atoms with Crippen LogP contribution in [-0.4, -0.2) is 23.5 Å². The van der Waals surface area contributed by atoms with E-state index in [2.05, 4.69) is 16.9 Å². The highest BCUT2D eigenvalue weighted by Gasteiger charge is 2.26. The van der Waals surface area contributed by atoms with Crippen LogP contribution >= 0.6 is 0 Å². The molecule has 0 amide bonds. The predicted octanol–water partition coefficient (Wildman–Crippen LogP) is 1.75. The summed E-state index contributed by atoms with van der Waals surface area (Å²) in [4.78, 5) is 6.63. The van der Waals surface area contributed by atoms with E-state index in [4.69, 9.17) is 4.42 Å². The predicted molar refractivity (Wildman–Crippen MR) is 45.8 cm³/mol. The summed E-state index contributed by atoms with van der Waals surface area (Å²) in [7, 11) is 2.12. The molecule has 1 atom stereocenters. The molecule has 2 heterocycles. The number of aromatic nitrogens is 1. The fraction of sp³-hybridized carbons (Fsp3) is 0.667. The maximum Gasteiger partial charge on any atom is 0.211 e. The molecule has 0 spiro atoms. The molecule has 1 unspecified atom stereocenters. The molecule has 1 aliphatic heterocycles. The van der Waals surface area contributed by atoms with Crippen LogP contribution in [0.25, 0.3) is 0 Å². The van der Waals surface area contributed by atoms with Gasteiger partial charge < -0.3 is 4.42 Å². The zero-order chi connectivity index (χ0) is 8.55. The summed E-state index contributed by atoms with van der Waals surface area (Å²) in [5, 5.41) is 0. The lowest BCUT2D eigenvalue weighted by Crippen LogP contribution is -2.17. The van der Waals surface area contributed by atoms with Gasteiger partial charge in [-0.15, -0.1) is 0 Å². The number of oxazole rings is 1. The molecule has 1 aliphatic rings. The van der Waals surface area contributed by atoms with Gasteiger partial charge in [-0.3, -0.25) is 4.90 Å². The van der Waals surface area contributed by atoms with Crippen molar-refractivity contribution in [1.82, 2.24) is 9.88 Å². The van der Waals surface area contributed by atoms with E-state index in [1.165, 1.54) is 12.8 Å². The molecule has 0 aromatic carbocycles. The topological polar surface area (TPSA) is 29.3 Å². The third kappa shape index (κ3) is 1.25. The molecule has 12 heavy (non-hydrogen) atoms. The van der Waals surface area contributed by atoms with Crippen LogP contribution in [0.2, 0.25) is 0 Å². The average Bonchev–Trinajstić information content (AvgIpc) is 2.58.